The monoisotopic (exact) mass is 667 g/mol. The van der Waals surface area contributed by atoms with Crippen LogP contribution in [0.4, 0.5) is 0 Å². The lowest BCUT2D eigenvalue weighted by Gasteiger charge is -2.24. The van der Waals surface area contributed by atoms with E-state index >= 15 is 0 Å². The van der Waals surface area contributed by atoms with Gasteiger partial charge in [-0.1, -0.05) is 153 Å². The lowest BCUT2D eigenvalue weighted by Crippen LogP contribution is -2.05. The van der Waals surface area contributed by atoms with Crippen LogP contribution >= 0.6 is 6.89 Å². The van der Waals surface area contributed by atoms with Crippen molar-refractivity contribution < 1.29 is 0 Å². The van der Waals surface area contributed by atoms with Crippen LogP contribution in [0.15, 0.2) is 151 Å². The molecule has 0 amide bonds. The molecular weight excluding hydrogens is 626 g/mol. The maximum atomic E-state index is 5.04. The van der Waals surface area contributed by atoms with Crippen LogP contribution in [-0.2, 0) is 6.42 Å². The van der Waals surface area contributed by atoms with Crippen LogP contribution in [0.2, 0.25) is 0 Å². The molecule has 3 nitrogen and oxygen atoms in total. The van der Waals surface area contributed by atoms with Gasteiger partial charge in [0.15, 0.2) is 11.6 Å². The van der Waals surface area contributed by atoms with E-state index in [1.807, 2.05) is 31.2 Å². The molecule has 5 aromatic carbocycles. The molecule has 0 spiro atoms. The highest BCUT2D eigenvalue weighted by atomic mass is 31.2. The highest BCUT2D eigenvalue weighted by Gasteiger charge is 2.20. The molecule has 0 aliphatic heterocycles. The predicted octanol–water partition coefficient (Wildman–Crippen LogP) is 12.0. The first-order valence-electron chi connectivity index (χ1n) is 17.2. The van der Waals surface area contributed by atoms with Crippen molar-refractivity contribution in [1.29, 1.82) is 0 Å². The van der Waals surface area contributed by atoms with E-state index < -0.39 is 6.89 Å². The maximum absolute atomic E-state index is 5.04. The van der Waals surface area contributed by atoms with Gasteiger partial charge in [-0.3, -0.25) is 0 Å². The largest absolute Gasteiger partial charge is 0.213 e. The molecule has 7 rings (SSSR count). The summed E-state index contributed by atoms with van der Waals surface area (Å²) in [6.07, 6.45) is 19.9. The third-order valence-corrected chi connectivity index (χ3v) is 11.2. The number of hydrogen-bond donors (Lipinski definition) is 0. The Labute approximate surface area is 296 Å². The molecule has 0 radical (unpaired) electrons. The molecule has 0 unspecified atom stereocenters. The summed E-state index contributed by atoms with van der Waals surface area (Å²) in [5, 5.41) is 6.49. The van der Waals surface area contributed by atoms with Gasteiger partial charge in [0.2, 0.25) is 0 Å². The van der Waals surface area contributed by atoms with Crippen LogP contribution in [-0.4, -0.2) is 34.6 Å². The molecule has 0 fully saturated rings. The minimum atomic E-state index is -1.36. The van der Waals surface area contributed by atoms with E-state index in [0.717, 1.165) is 40.9 Å². The quantitative estimate of drug-likeness (QED) is 0.0875. The van der Waals surface area contributed by atoms with E-state index in [2.05, 4.69) is 135 Å². The van der Waals surface area contributed by atoms with Gasteiger partial charge in [-0.2, -0.15) is 0 Å². The van der Waals surface area contributed by atoms with Crippen LogP contribution < -0.4 is 0 Å². The predicted molar refractivity (Wildman–Crippen MR) is 219 cm³/mol. The molecule has 4 heteroatoms. The molecule has 1 heterocycles. The standard InChI is InChI=1S/C46H42N3P/c1-6-7-9-18-32(2)45-47-42(29-33-19-10-8-11-20-33)48-46(49-45)36-23-16-21-34(30-36)43-38-25-12-14-27-40(38)44(41-28-15-13-26-39(41)43)35-22-17-24-37(31-35)50(3,4)5/h6-16,18-23,25-28,30-31H,1,3,17,24,29H2,2,4-5H3/b9-7-,32-18+. The van der Waals surface area contributed by atoms with Crippen LogP contribution in [0.3, 0.4) is 0 Å². The Bertz CT molecular complexity index is 2370. The number of hydrogen-bond acceptors (Lipinski definition) is 3. The van der Waals surface area contributed by atoms with Gasteiger partial charge in [0.25, 0.3) is 0 Å². The second-order valence-electron chi connectivity index (χ2n) is 13.5. The van der Waals surface area contributed by atoms with Gasteiger partial charge in [0.05, 0.1) is 0 Å². The lowest BCUT2D eigenvalue weighted by atomic mass is 9.84. The molecular formula is C46H42N3P. The molecule has 0 saturated carbocycles. The highest BCUT2D eigenvalue weighted by Crippen LogP contribution is 2.52. The minimum absolute atomic E-state index is 0.620. The third kappa shape index (κ3) is 6.88. The number of nitrogens with zero attached hydrogens (tertiary/aromatic N) is 3. The Hall–Kier alpha value is -5.37. The Morgan fingerprint density at radius 1 is 0.740 bits per heavy atom. The normalized spacial score (nSPS) is 13.9. The van der Waals surface area contributed by atoms with E-state index in [0.29, 0.717) is 18.1 Å². The fraction of sp³-hybridized carbons (Fsp3) is 0.130. The number of benzene rings is 5. The molecule has 50 heavy (non-hydrogen) atoms. The fourth-order valence-electron chi connectivity index (χ4n) is 6.84. The summed E-state index contributed by atoms with van der Waals surface area (Å²) in [4.78, 5) is 15.0. The van der Waals surface area contributed by atoms with Crippen molar-refractivity contribution >= 4 is 45.9 Å². The molecule has 6 aromatic rings. The minimum Gasteiger partial charge on any atom is -0.213 e. The van der Waals surface area contributed by atoms with E-state index in [-0.39, 0.29) is 0 Å². The Morgan fingerprint density at radius 3 is 2.04 bits per heavy atom. The zero-order chi connectivity index (χ0) is 34.7. The first kappa shape index (κ1) is 33.1. The van der Waals surface area contributed by atoms with Gasteiger partial charge in [-0.05, 0) is 99.4 Å². The van der Waals surface area contributed by atoms with Crippen LogP contribution in [0, 0.1) is 0 Å². The van der Waals surface area contributed by atoms with Crippen molar-refractivity contribution in [3.63, 3.8) is 0 Å². The molecule has 0 N–H and O–H groups in total. The second kappa shape index (κ2) is 14.2. The second-order valence-corrected chi connectivity index (χ2v) is 17.4. The SMILES string of the molecule is C=C/C=C\C=C(/C)c1nc(Cc2ccccc2)nc(-c2cccc(-c3c4ccccc4c(C4=CCCC(P(=C)(C)C)=C4)c4ccccc34)c2)n1. The van der Waals surface area contributed by atoms with Gasteiger partial charge < -0.3 is 0 Å². The number of rotatable bonds is 9. The summed E-state index contributed by atoms with van der Waals surface area (Å²) in [5.74, 6) is 2.07. The Balaban J connectivity index is 1.41. The molecule has 246 valence electrons. The number of allylic oxidation sites excluding steroid dienone is 9. The van der Waals surface area contributed by atoms with E-state index in [4.69, 9.17) is 15.0 Å². The molecule has 1 aliphatic rings. The van der Waals surface area contributed by atoms with Crippen molar-refractivity contribution in [3.8, 4) is 22.5 Å². The van der Waals surface area contributed by atoms with Crippen molar-refractivity contribution in [3.05, 3.63) is 174 Å². The van der Waals surface area contributed by atoms with Gasteiger partial charge in [-0.25, -0.2) is 15.0 Å². The van der Waals surface area contributed by atoms with Gasteiger partial charge in [0, 0.05) is 12.0 Å². The molecule has 0 atom stereocenters. The summed E-state index contributed by atoms with van der Waals surface area (Å²) in [7, 11) is 0. The summed E-state index contributed by atoms with van der Waals surface area (Å²) in [6, 6.07) is 36.8. The summed E-state index contributed by atoms with van der Waals surface area (Å²) in [6.45, 7) is 9.12. The van der Waals surface area contributed by atoms with Crippen molar-refractivity contribution in [2.24, 2.45) is 0 Å². The molecule has 0 saturated heterocycles. The summed E-state index contributed by atoms with van der Waals surface area (Å²) >= 11 is 0. The molecule has 1 aliphatic carbocycles. The van der Waals surface area contributed by atoms with E-state index in [1.165, 1.54) is 43.6 Å². The van der Waals surface area contributed by atoms with Gasteiger partial charge in [0.1, 0.15) is 5.82 Å². The smallest absolute Gasteiger partial charge is 0.163 e. The zero-order valence-corrected chi connectivity index (χ0v) is 30.0. The van der Waals surface area contributed by atoms with Crippen LogP contribution in [0.5, 0.6) is 0 Å². The average Bonchev–Trinajstić information content (AvgIpc) is 3.14. The van der Waals surface area contributed by atoms with E-state index in [1.54, 1.807) is 6.08 Å². The Morgan fingerprint density at radius 2 is 1.38 bits per heavy atom. The highest BCUT2D eigenvalue weighted by molar-refractivity contribution is 7.76. The lowest BCUT2D eigenvalue weighted by molar-refractivity contribution is 0.909. The Kier molecular flexibility index (Phi) is 9.44. The van der Waals surface area contributed by atoms with Crippen LogP contribution in [0.25, 0.3) is 55.2 Å². The molecule has 0 bridgehead atoms. The number of fused-ring (bicyclic) bond motifs is 2. The van der Waals surface area contributed by atoms with Crippen molar-refractivity contribution in [1.82, 2.24) is 15.0 Å². The first-order chi connectivity index (χ1) is 24.3. The fourth-order valence-corrected chi connectivity index (χ4v) is 8.06. The first-order valence-corrected chi connectivity index (χ1v) is 20.1. The van der Waals surface area contributed by atoms with Gasteiger partial charge in [-0.15, -0.1) is 0 Å². The maximum Gasteiger partial charge on any atom is 0.163 e. The van der Waals surface area contributed by atoms with Crippen molar-refractivity contribution in [2.75, 3.05) is 13.3 Å². The summed E-state index contributed by atoms with van der Waals surface area (Å²) < 4.78 is 0. The third-order valence-electron chi connectivity index (χ3n) is 9.33. The van der Waals surface area contributed by atoms with E-state index in [9.17, 15) is 0 Å². The van der Waals surface area contributed by atoms with Crippen LogP contribution in [0.1, 0.15) is 42.5 Å². The number of aromatic nitrogens is 3. The summed E-state index contributed by atoms with van der Waals surface area (Å²) in [5.41, 5.74) is 8.04. The topological polar surface area (TPSA) is 38.7 Å². The van der Waals surface area contributed by atoms with Gasteiger partial charge >= 0.3 is 0 Å². The molecule has 1 aromatic heterocycles. The van der Waals surface area contributed by atoms with Crippen molar-refractivity contribution in [2.45, 2.75) is 26.2 Å². The average molecular weight is 668 g/mol. The zero-order valence-electron chi connectivity index (χ0n) is 29.1.